The lowest BCUT2D eigenvalue weighted by Crippen LogP contribution is -2.47. The van der Waals surface area contributed by atoms with Gasteiger partial charge in [-0.1, -0.05) is 43.7 Å². The number of rotatable bonds is 6. The van der Waals surface area contributed by atoms with Gasteiger partial charge in [0.05, 0.1) is 6.10 Å². The molecule has 1 atom stereocenters. The van der Waals surface area contributed by atoms with Crippen LogP contribution in [0.1, 0.15) is 79.8 Å². The predicted octanol–water partition coefficient (Wildman–Crippen LogP) is 5.85. The molecule has 0 bridgehead atoms. The van der Waals surface area contributed by atoms with E-state index in [2.05, 4.69) is 49.1 Å². The third-order valence-electron chi connectivity index (χ3n) is 9.09. The maximum Gasteiger partial charge on any atom is 0.253 e. The van der Waals surface area contributed by atoms with Crippen molar-refractivity contribution < 1.29 is 9.90 Å². The van der Waals surface area contributed by atoms with Crippen LogP contribution in [0.15, 0.2) is 42.5 Å². The van der Waals surface area contributed by atoms with Crippen LogP contribution in [0.25, 0.3) is 11.1 Å². The number of aliphatic hydroxyl groups excluding tert-OH is 1. The van der Waals surface area contributed by atoms with Crippen molar-refractivity contribution in [1.29, 1.82) is 0 Å². The van der Waals surface area contributed by atoms with Crippen LogP contribution in [0, 0.1) is 12.3 Å². The number of carbonyl (C=O) groups excluding carboxylic acids is 1. The molecule has 4 nitrogen and oxygen atoms in total. The molecule has 188 valence electrons. The molecule has 3 fully saturated rings. The van der Waals surface area contributed by atoms with Crippen LogP contribution in [-0.2, 0) is 6.42 Å². The molecule has 2 saturated heterocycles. The van der Waals surface area contributed by atoms with E-state index < -0.39 is 6.10 Å². The minimum atomic E-state index is -0.393. The standard InChI is InChI=1S/C31H42N2O2/c1-23-8-9-27(24-10-12-25(13-11-24)30(35)33-18-4-7-29(34)22-33)21-26(23)14-15-31(2)16-19-32(20-17-31)28-5-3-6-28/h8-13,21,28-29,34H,3-7,14-20,22H2,1-2H3/t29-/m0/s1. The topological polar surface area (TPSA) is 43.8 Å². The Hall–Kier alpha value is -2.17. The van der Waals surface area contributed by atoms with E-state index in [4.69, 9.17) is 0 Å². The van der Waals surface area contributed by atoms with Gasteiger partial charge in [0.15, 0.2) is 0 Å². The Labute approximate surface area is 211 Å². The summed E-state index contributed by atoms with van der Waals surface area (Å²) in [7, 11) is 0. The van der Waals surface area contributed by atoms with E-state index in [1.165, 1.54) is 68.3 Å². The van der Waals surface area contributed by atoms with Crippen LogP contribution < -0.4 is 0 Å². The highest BCUT2D eigenvalue weighted by Gasteiger charge is 2.34. The second-order valence-corrected chi connectivity index (χ2v) is 11.7. The third-order valence-corrected chi connectivity index (χ3v) is 9.09. The summed E-state index contributed by atoms with van der Waals surface area (Å²) in [6, 6.07) is 15.7. The quantitative estimate of drug-likeness (QED) is 0.571. The average Bonchev–Trinajstić information content (AvgIpc) is 2.84. The average molecular weight is 475 g/mol. The fourth-order valence-electron chi connectivity index (χ4n) is 6.11. The van der Waals surface area contributed by atoms with Crippen LogP contribution in [0.2, 0.25) is 0 Å². The second-order valence-electron chi connectivity index (χ2n) is 11.7. The monoisotopic (exact) mass is 474 g/mol. The van der Waals surface area contributed by atoms with E-state index in [-0.39, 0.29) is 5.91 Å². The summed E-state index contributed by atoms with van der Waals surface area (Å²) < 4.78 is 0. The number of piperidine rings is 2. The van der Waals surface area contributed by atoms with E-state index in [9.17, 15) is 9.90 Å². The summed E-state index contributed by atoms with van der Waals surface area (Å²) in [6.07, 6.45) is 10.6. The molecule has 0 aromatic heterocycles. The van der Waals surface area contributed by atoms with Crippen molar-refractivity contribution in [3.8, 4) is 11.1 Å². The highest BCUT2D eigenvalue weighted by Crippen LogP contribution is 2.39. The molecule has 0 radical (unpaired) electrons. The number of benzene rings is 2. The molecular formula is C31H42N2O2. The lowest BCUT2D eigenvalue weighted by atomic mass is 9.74. The van der Waals surface area contributed by atoms with Gasteiger partial charge < -0.3 is 14.9 Å². The Bertz CT molecular complexity index is 1020. The molecule has 2 aromatic rings. The van der Waals surface area contributed by atoms with Crippen LogP contribution in [0.4, 0.5) is 0 Å². The van der Waals surface area contributed by atoms with E-state index in [1.54, 1.807) is 4.90 Å². The Morgan fingerprint density at radius 3 is 2.34 bits per heavy atom. The number of aliphatic hydroxyl groups is 1. The van der Waals surface area contributed by atoms with Crippen molar-refractivity contribution in [3.63, 3.8) is 0 Å². The summed E-state index contributed by atoms with van der Waals surface area (Å²) in [5, 5.41) is 9.91. The van der Waals surface area contributed by atoms with Crippen molar-refractivity contribution >= 4 is 5.91 Å². The number of carbonyl (C=O) groups is 1. The molecule has 2 heterocycles. The molecule has 1 aliphatic carbocycles. The molecule has 1 saturated carbocycles. The van der Waals surface area contributed by atoms with Crippen LogP contribution in [0.5, 0.6) is 0 Å². The molecule has 5 rings (SSSR count). The molecule has 0 spiro atoms. The summed E-state index contributed by atoms with van der Waals surface area (Å²) in [5.74, 6) is 0.0245. The minimum absolute atomic E-state index is 0.0245. The molecule has 35 heavy (non-hydrogen) atoms. The Morgan fingerprint density at radius 2 is 1.69 bits per heavy atom. The number of β-amino-alcohol motifs (C(OH)–C–C–N with tert-alkyl or cyclic N) is 1. The Morgan fingerprint density at radius 1 is 0.971 bits per heavy atom. The van der Waals surface area contributed by atoms with E-state index in [1.807, 2.05) is 12.1 Å². The SMILES string of the molecule is Cc1ccc(-c2ccc(C(=O)N3CCC[C@H](O)C3)cc2)cc1CCC1(C)CCN(C2CCC2)CC1. The zero-order valence-corrected chi connectivity index (χ0v) is 21.6. The second kappa shape index (κ2) is 10.4. The number of aryl methyl sites for hydroxylation is 2. The fraction of sp³-hybridized carbons (Fsp3) is 0.581. The van der Waals surface area contributed by atoms with Gasteiger partial charge >= 0.3 is 0 Å². The number of nitrogens with zero attached hydrogens (tertiary/aromatic N) is 2. The summed E-state index contributed by atoms with van der Waals surface area (Å²) in [5.41, 5.74) is 6.36. The first-order valence-corrected chi connectivity index (χ1v) is 13.8. The van der Waals surface area contributed by atoms with Crippen LogP contribution in [0.3, 0.4) is 0 Å². The van der Waals surface area contributed by atoms with Crippen molar-refractivity contribution in [1.82, 2.24) is 9.80 Å². The minimum Gasteiger partial charge on any atom is -0.391 e. The predicted molar refractivity (Wildman–Crippen MR) is 143 cm³/mol. The zero-order valence-electron chi connectivity index (χ0n) is 21.6. The summed E-state index contributed by atoms with van der Waals surface area (Å²) >= 11 is 0. The number of hydrogen-bond donors (Lipinski definition) is 1. The van der Waals surface area contributed by atoms with E-state index >= 15 is 0 Å². The number of likely N-dealkylation sites (tertiary alicyclic amines) is 2. The maximum absolute atomic E-state index is 12.8. The molecule has 1 N–H and O–H groups in total. The van der Waals surface area contributed by atoms with E-state index in [0.717, 1.165) is 37.4 Å². The molecular weight excluding hydrogens is 432 g/mol. The number of amides is 1. The van der Waals surface area contributed by atoms with Crippen molar-refractivity contribution in [2.24, 2.45) is 5.41 Å². The van der Waals surface area contributed by atoms with Gasteiger partial charge in [0.25, 0.3) is 5.91 Å². The van der Waals surface area contributed by atoms with Crippen molar-refractivity contribution in [2.45, 2.75) is 83.8 Å². The van der Waals surface area contributed by atoms with Crippen molar-refractivity contribution in [3.05, 3.63) is 59.2 Å². The Kier molecular flexibility index (Phi) is 7.31. The molecule has 0 unspecified atom stereocenters. The zero-order chi connectivity index (χ0) is 24.4. The van der Waals surface area contributed by atoms with Gasteiger partial charge in [0.1, 0.15) is 0 Å². The first kappa shape index (κ1) is 24.5. The normalized spacial score (nSPS) is 23.2. The molecule has 3 aliphatic rings. The van der Waals surface area contributed by atoms with Gasteiger partial charge in [-0.15, -0.1) is 0 Å². The van der Waals surface area contributed by atoms with Gasteiger partial charge in [0, 0.05) is 24.7 Å². The lowest BCUT2D eigenvalue weighted by Gasteiger charge is -2.45. The highest BCUT2D eigenvalue weighted by molar-refractivity contribution is 5.94. The van der Waals surface area contributed by atoms with Gasteiger partial charge in [-0.2, -0.15) is 0 Å². The van der Waals surface area contributed by atoms with Crippen molar-refractivity contribution in [2.75, 3.05) is 26.2 Å². The molecule has 2 aromatic carbocycles. The van der Waals surface area contributed by atoms with Gasteiger partial charge in [-0.3, -0.25) is 4.79 Å². The van der Waals surface area contributed by atoms with Crippen LogP contribution >= 0.6 is 0 Å². The molecule has 2 aliphatic heterocycles. The molecule has 1 amide bonds. The lowest BCUT2D eigenvalue weighted by molar-refractivity contribution is 0.0473. The van der Waals surface area contributed by atoms with Gasteiger partial charge in [0.2, 0.25) is 0 Å². The maximum atomic E-state index is 12.8. The fourth-order valence-corrected chi connectivity index (χ4v) is 6.11. The molecule has 4 heteroatoms. The van der Waals surface area contributed by atoms with Gasteiger partial charge in [-0.25, -0.2) is 0 Å². The van der Waals surface area contributed by atoms with E-state index in [0.29, 0.717) is 17.5 Å². The third kappa shape index (κ3) is 5.65. The smallest absolute Gasteiger partial charge is 0.253 e. The number of hydrogen-bond acceptors (Lipinski definition) is 3. The highest BCUT2D eigenvalue weighted by atomic mass is 16.3. The Balaban J connectivity index is 1.21. The summed E-state index contributed by atoms with van der Waals surface area (Å²) in [6.45, 7) is 8.47. The largest absolute Gasteiger partial charge is 0.391 e. The van der Waals surface area contributed by atoms with Gasteiger partial charge in [-0.05, 0) is 111 Å². The first-order valence-electron chi connectivity index (χ1n) is 13.8. The first-order chi connectivity index (χ1) is 16.9. The summed E-state index contributed by atoms with van der Waals surface area (Å²) in [4.78, 5) is 17.4. The van der Waals surface area contributed by atoms with Crippen LogP contribution in [-0.4, -0.2) is 59.1 Å².